The molecule has 0 saturated carbocycles. The van der Waals surface area contributed by atoms with Gasteiger partial charge < -0.3 is 14.8 Å². The number of allylic oxidation sites excluding steroid dienone is 1. The minimum absolute atomic E-state index is 0.0737. The van der Waals surface area contributed by atoms with Gasteiger partial charge in [0.1, 0.15) is 30.0 Å². The summed E-state index contributed by atoms with van der Waals surface area (Å²) in [5.74, 6) is -1.76. The number of carbonyl (C=O) groups is 4. The predicted octanol–water partition coefficient (Wildman–Crippen LogP) is 1.61. The van der Waals surface area contributed by atoms with E-state index in [1.54, 1.807) is 6.92 Å². The van der Waals surface area contributed by atoms with Gasteiger partial charge in [0, 0.05) is 11.8 Å². The number of rotatable bonds is 5. The van der Waals surface area contributed by atoms with Gasteiger partial charge in [-0.1, -0.05) is 46.6 Å². The van der Waals surface area contributed by atoms with Crippen molar-refractivity contribution in [3.63, 3.8) is 0 Å². The minimum atomic E-state index is -1.82. The second kappa shape index (κ2) is 8.08. The molecule has 1 N–H and O–H groups in total. The van der Waals surface area contributed by atoms with Crippen LogP contribution >= 0.6 is 46.6 Å². The summed E-state index contributed by atoms with van der Waals surface area (Å²) in [7, 11) is 0. The first-order valence-electron chi connectivity index (χ1n) is 7.08. The summed E-state index contributed by atoms with van der Waals surface area (Å²) in [6.45, 7) is 2.51. The smallest absolute Gasteiger partial charge is 0.355 e. The van der Waals surface area contributed by atoms with Crippen molar-refractivity contribution < 1.29 is 28.7 Å². The molecule has 2 aliphatic rings. The highest BCUT2D eigenvalue weighted by molar-refractivity contribution is 8.04. The highest BCUT2D eigenvalue weighted by Gasteiger charge is 2.55. The van der Waals surface area contributed by atoms with E-state index in [1.165, 1.54) is 11.8 Å². The van der Waals surface area contributed by atoms with Crippen LogP contribution in [0.15, 0.2) is 22.4 Å². The van der Waals surface area contributed by atoms with Gasteiger partial charge in [-0.15, -0.1) is 0 Å². The maximum atomic E-state index is 12.5. The number of alkyl halides is 3. The lowest BCUT2D eigenvalue weighted by Gasteiger charge is -2.49. The summed E-state index contributed by atoms with van der Waals surface area (Å²) < 4.78 is 7.78. The molecule has 2 heterocycles. The quantitative estimate of drug-likeness (QED) is 0.226. The average Bonchev–Trinajstić information content (AvgIpc) is 2.55. The highest BCUT2D eigenvalue weighted by atomic mass is 35.6. The van der Waals surface area contributed by atoms with Gasteiger partial charge in [0.2, 0.25) is 9.70 Å². The number of hydrogen-bond acceptors (Lipinski definition) is 7. The summed E-state index contributed by atoms with van der Waals surface area (Å²) in [5.41, 5.74) is 0.271. The van der Waals surface area contributed by atoms with E-state index in [0.29, 0.717) is 10.5 Å². The van der Waals surface area contributed by atoms with E-state index < -0.39 is 39.6 Å². The zero-order chi connectivity index (χ0) is 19.6. The van der Waals surface area contributed by atoms with Gasteiger partial charge in [0.05, 0.1) is 0 Å². The summed E-state index contributed by atoms with van der Waals surface area (Å²) in [6, 6.07) is -0.832. The van der Waals surface area contributed by atoms with Crippen LogP contribution in [0.4, 0.5) is 0 Å². The lowest BCUT2D eigenvalue weighted by atomic mass is 10.0. The van der Waals surface area contributed by atoms with Crippen LogP contribution in [0.5, 0.6) is 0 Å². The maximum Gasteiger partial charge on any atom is 0.355 e. The Balaban J connectivity index is 2.34. The Morgan fingerprint density at radius 1 is 1.38 bits per heavy atom. The Morgan fingerprint density at radius 2 is 2.04 bits per heavy atom. The third-order valence-corrected chi connectivity index (χ3v) is 5.11. The molecule has 1 unspecified atom stereocenters. The van der Waals surface area contributed by atoms with Crippen molar-refractivity contribution in [3.05, 3.63) is 22.4 Å². The molecule has 8 nitrogen and oxygen atoms in total. The molecule has 2 aliphatic heterocycles. The second-order valence-corrected chi connectivity index (χ2v) is 8.95. The SMILES string of the molecule is CC(=O)NC1C(=O)N2C(C(=O)OCC(Cl)(Cl)Cl)=C(C)/C(=C\OC=O)S[C@H]12. The number of thioether (sulfide) groups is 1. The van der Waals surface area contributed by atoms with Gasteiger partial charge in [0.15, 0.2) is 0 Å². The number of esters is 1. The van der Waals surface area contributed by atoms with E-state index in [2.05, 4.69) is 10.1 Å². The lowest BCUT2D eigenvalue weighted by molar-refractivity contribution is -0.152. The molecule has 0 spiro atoms. The van der Waals surface area contributed by atoms with Crippen molar-refractivity contribution in [2.75, 3.05) is 6.61 Å². The van der Waals surface area contributed by atoms with E-state index in [-0.39, 0.29) is 12.2 Å². The number of nitrogens with zero attached hydrogens (tertiary/aromatic N) is 1. The number of halogens is 3. The van der Waals surface area contributed by atoms with Crippen molar-refractivity contribution in [2.24, 2.45) is 0 Å². The van der Waals surface area contributed by atoms with Crippen molar-refractivity contribution in [2.45, 2.75) is 29.1 Å². The molecule has 0 aromatic carbocycles. The Kier molecular flexibility index (Phi) is 6.49. The fraction of sp³-hybridized carbons (Fsp3) is 0.429. The Hall–Kier alpha value is -1.42. The zero-order valence-electron chi connectivity index (χ0n) is 13.5. The van der Waals surface area contributed by atoms with E-state index in [4.69, 9.17) is 39.5 Å². The van der Waals surface area contributed by atoms with Gasteiger partial charge in [-0.2, -0.15) is 0 Å². The molecular weight excluding hydrogens is 431 g/mol. The van der Waals surface area contributed by atoms with Gasteiger partial charge in [0.25, 0.3) is 12.4 Å². The van der Waals surface area contributed by atoms with Crippen molar-refractivity contribution in [1.29, 1.82) is 0 Å². The molecule has 2 atom stereocenters. The number of fused-ring (bicyclic) bond motifs is 1. The first-order chi connectivity index (χ1) is 12.1. The second-order valence-electron chi connectivity index (χ2n) is 5.27. The third kappa shape index (κ3) is 4.46. The average molecular weight is 444 g/mol. The first kappa shape index (κ1) is 20.9. The number of amides is 2. The van der Waals surface area contributed by atoms with Crippen molar-refractivity contribution >= 4 is 70.8 Å². The number of carbonyl (C=O) groups excluding carboxylic acids is 4. The first-order valence-corrected chi connectivity index (χ1v) is 9.09. The van der Waals surface area contributed by atoms with Crippen LogP contribution in [-0.2, 0) is 28.7 Å². The molecule has 0 bridgehead atoms. The zero-order valence-corrected chi connectivity index (χ0v) is 16.5. The summed E-state index contributed by atoms with van der Waals surface area (Å²) in [5, 5.41) is 1.90. The van der Waals surface area contributed by atoms with Crippen molar-refractivity contribution in [3.8, 4) is 0 Å². The van der Waals surface area contributed by atoms with Crippen molar-refractivity contribution in [1.82, 2.24) is 10.2 Å². The summed E-state index contributed by atoms with van der Waals surface area (Å²) in [6.07, 6.45) is 1.14. The van der Waals surface area contributed by atoms with E-state index >= 15 is 0 Å². The molecule has 26 heavy (non-hydrogen) atoms. The van der Waals surface area contributed by atoms with Crippen LogP contribution in [0.2, 0.25) is 0 Å². The molecule has 0 aromatic heterocycles. The molecule has 2 amide bonds. The molecule has 2 rings (SSSR count). The number of ether oxygens (including phenoxy) is 2. The Bertz CT molecular complexity index is 718. The van der Waals surface area contributed by atoms with Crippen LogP contribution in [0.1, 0.15) is 13.8 Å². The molecule has 0 aromatic rings. The van der Waals surface area contributed by atoms with Gasteiger partial charge in [-0.05, 0) is 12.5 Å². The highest BCUT2D eigenvalue weighted by Crippen LogP contribution is 2.46. The lowest BCUT2D eigenvalue weighted by Crippen LogP contribution is -2.70. The number of nitrogens with one attached hydrogen (secondary N) is 1. The molecule has 12 heteroatoms. The van der Waals surface area contributed by atoms with Crippen LogP contribution in [0.25, 0.3) is 0 Å². The summed E-state index contributed by atoms with van der Waals surface area (Å²) >= 11 is 17.9. The Labute approximate surface area is 167 Å². The van der Waals surface area contributed by atoms with Crippen LogP contribution < -0.4 is 5.32 Å². The molecular formula is C14H13Cl3N2O6S. The fourth-order valence-electron chi connectivity index (χ4n) is 2.36. The third-order valence-electron chi connectivity index (χ3n) is 3.41. The molecule has 0 radical (unpaired) electrons. The van der Waals surface area contributed by atoms with E-state index in [9.17, 15) is 19.2 Å². The van der Waals surface area contributed by atoms with Crippen LogP contribution in [-0.4, -0.2) is 51.0 Å². The van der Waals surface area contributed by atoms with Crippen LogP contribution in [0.3, 0.4) is 0 Å². The molecule has 1 fully saturated rings. The Morgan fingerprint density at radius 3 is 2.58 bits per heavy atom. The van der Waals surface area contributed by atoms with E-state index in [0.717, 1.165) is 18.0 Å². The van der Waals surface area contributed by atoms with E-state index in [1.807, 2.05) is 0 Å². The monoisotopic (exact) mass is 442 g/mol. The largest absolute Gasteiger partial charge is 0.456 e. The summed E-state index contributed by atoms with van der Waals surface area (Å²) in [4.78, 5) is 48.2. The molecule has 142 valence electrons. The predicted molar refractivity (Wildman–Crippen MR) is 95.0 cm³/mol. The van der Waals surface area contributed by atoms with Crippen LogP contribution in [0, 0.1) is 0 Å². The maximum absolute atomic E-state index is 12.5. The van der Waals surface area contributed by atoms with Gasteiger partial charge in [-0.3, -0.25) is 19.3 Å². The molecule has 0 aliphatic carbocycles. The topological polar surface area (TPSA) is 102 Å². The minimum Gasteiger partial charge on any atom is -0.456 e. The van der Waals surface area contributed by atoms with Gasteiger partial charge in [-0.25, -0.2) is 4.79 Å². The number of hydrogen-bond donors (Lipinski definition) is 1. The van der Waals surface area contributed by atoms with Gasteiger partial charge >= 0.3 is 5.97 Å². The standard InChI is InChI=1S/C14H13Cl3N2O6S/c1-6-8(3-24-5-20)26-12-9(18-7(2)21)11(22)19(12)10(6)13(23)25-4-14(15,16)17/h3,5,9,12H,4H2,1-2H3,(H,18,21)/b8-3+/t9?,12-/m1/s1. The number of β-lactam (4-membered cyclic amide) rings is 1. The normalized spacial score (nSPS) is 24.0. The molecule has 1 saturated heterocycles. The fourth-order valence-corrected chi connectivity index (χ4v) is 3.81.